The van der Waals surface area contributed by atoms with Gasteiger partial charge in [-0.2, -0.15) is 0 Å². The molecule has 0 saturated heterocycles. The average molecular weight is 270 g/mol. The Balaban J connectivity index is 1.89. The molecule has 0 radical (unpaired) electrons. The van der Waals surface area contributed by atoms with Gasteiger partial charge in [0, 0.05) is 6.04 Å². The molecule has 2 aliphatic rings. The second-order valence-corrected chi connectivity index (χ2v) is 5.13. The summed E-state index contributed by atoms with van der Waals surface area (Å²) in [4.78, 5) is 33.8. The van der Waals surface area contributed by atoms with Crippen LogP contribution in [0.4, 0.5) is 4.79 Å². The predicted octanol–water partition coefficient (Wildman–Crippen LogP) is -0.0421. The van der Waals surface area contributed by atoms with Gasteiger partial charge < -0.3 is 20.5 Å². The topological polar surface area (TPSA) is 105 Å². The van der Waals surface area contributed by atoms with E-state index >= 15 is 0 Å². The average Bonchev–Trinajstić information content (AvgIpc) is 2.96. The summed E-state index contributed by atoms with van der Waals surface area (Å²) >= 11 is 0. The number of aliphatic carboxylic acids is 1. The van der Waals surface area contributed by atoms with Gasteiger partial charge in [0.25, 0.3) is 0 Å². The molecule has 0 heterocycles. The standard InChI is InChI=1S/C12H18N2O5/c1-19-8(15)5-13-12(18)14-10-7-3-2-6(4-7)9(10)11(16)17/h6-7,9-10H,2-5H2,1H3,(H,16,17)(H2,13,14,18). The zero-order chi connectivity index (χ0) is 14.0. The number of hydrogen-bond donors (Lipinski definition) is 3. The summed E-state index contributed by atoms with van der Waals surface area (Å²) in [6.45, 7) is -0.221. The number of carboxylic acid groups (broad SMARTS) is 1. The lowest BCUT2D eigenvalue weighted by atomic mass is 9.84. The van der Waals surface area contributed by atoms with Gasteiger partial charge in [0.2, 0.25) is 0 Å². The molecule has 0 aromatic rings. The Morgan fingerprint density at radius 3 is 2.58 bits per heavy atom. The number of ether oxygens (including phenoxy) is 1. The number of carboxylic acids is 1. The van der Waals surface area contributed by atoms with E-state index in [-0.39, 0.29) is 24.4 Å². The van der Waals surface area contributed by atoms with Crippen LogP contribution < -0.4 is 10.6 Å². The molecule has 2 aliphatic carbocycles. The van der Waals surface area contributed by atoms with Gasteiger partial charge in [0.15, 0.2) is 0 Å². The highest BCUT2D eigenvalue weighted by molar-refractivity contribution is 5.81. The van der Waals surface area contributed by atoms with Gasteiger partial charge >= 0.3 is 18.0 Å². The third-order valence-corrected chi connectivity index (χ3v) is 4.12. The van der Waals surface area contributed by atoms with Crippen LogP contribution in [0.3, 0.4) is 0 Å². The molecule has 2 bridgehead atoms. The molecular weight excluding hydrogens is 252 g/mol. The number of rotatable bonds is 4. The maximum Gasteiger partial charge on any atom is 0.325 e. The second-order valence-electron chi connectivity index (χ2n) is 5.13. The molecule has 0 aromatic carbocycles. The van der Waals surface area contributed by atoms with Crippen LogP contribution in [0.15, 0.2) is 0 Å². The Labute approximate surface area is 110 Å². The fraction of sp³-hybridized carbons (Fsp3) is 0.750. The quantitative estimate of drug-likeness (QED) is 0.622. The third-order valence-electron chi connectivity index (χ3n) is 4.12. The number of amides is 2. The Morgan fingerprint density at radius 2 is 1.95 bits per heavy atom. The zero-order valence-corrected chi connectivity index (χ0v) is 10.7. The van der Waals surface area contributed by atoms with E-state index in [1.54, 1.807) is 0 Å². The van der Waals surface area contributed by atoms with E-state index in [1.807, 2.05) is 0 Å². The largest absolute Gasteiger partial charge is 0.481 e. The molecule has 2 amide bonds. The normalized spacial score (nSPS) is 31.8. The molecular formula is C12H18N2O5. The van der Waals surface area contributed by atoms with Crippen molar-refractivity contribution in [2.75, 3.05) is 13.7 Å². The van der Waals surface area contributed by atoms with Crippen molar-refractivity contribution in [2.45, 2.75) is 25.3 Å². The molecule has 4 atom stereocenters. The van der Waals surface area contributed by atoms with Crippen LogP contribution in [0.5, 0.6) is 0 Å². The molecule has 0 aliphatic heterocycles. The highest BCUT2D eigenvalue weighted by Crippen LogP contribution is 2.48. The number of carbonyl (C=O) groups excluding carboxylic acids is 2. The molecule has 2 rings (SSSR count). The number of hydrogen-bond acceptors (Lipinski definition) is 4. The van der Waals surface area contributed by atoms with Gasteiger partial charge in [-0.05, 0) is 31.1 Å². The van der Waals surface area contributed by atoms with Crippen LogP contribution in [0.25, 0.3) is 0 Å². The van der Waals surface area contributed by atoms with Crippen LogP contribution in [0.1, 0.15) is 19.3 Å². The molecule has 7 heteroatoms. The molecule has 106 valence electrons. The van der Waals surface area contributed by atoms with E-state index in [4.69, 9.17) is 0 Å². The maximum absolute atomic E-state index is 11.6. The van der Waals surface area contributed by atoms with Crippen molar-refractivity contribution in [3.63, 3.8) is 0 Å². The van der Waals surface area contributed by atoms with Gasteiger partial charge in [0.1, 0.15) is 6.54 Å². The SMILES string of the molecule is COC(=O)CNC(=O)NC1C2CCC(C2)C1C(=O)O. The Morgan fingerprint density at radius 1 is 1.26 bits per heavy atom. The summed E-state index contributed by atoms with van der Waals surface area (Å²) in [5.74, 6) is -1.52. The summed E-state index contributed by atoms with van der Waals surface area (Å²) in [7, 11) is 1.23. The number of methoxy groups -OCH3 is 1. The summed E-state index contributed by atoms with van der Waals surface area (Å²) < 4.78 is 4.40. The first kappa shape index (κ1) is 13.6. The second kappa shape index (κ2) is 5.46. The Kier molecular flexibility index (Phi) is 3.92. The fourth-order valence-electron chi connectivity index (χ4n) is 3.28. The van der Waals surface area contributed by atoms with Gasteiger partial charge in [-0.3, -0.25) is 9.59 Å². The van der Waals surface area contributed by atoms with Crippen LogP contribution >= 0.6 is 0 Å². The number of esters is 1. The van der Waals surface area contributed by atoms with Crippen molar-refractivity contribution >= 4 is 18.0 Å². The van der Waals surface area contributed by atoms with Crippen molar-refractivity contribution in [3.8, 4) is 0 Å². The molecule has 3 N–H and O–H groups in total. The van der Waals surface area contributed by atoms with E-state index in [9.17, 15) is 19.5 Å². The van der Waals surface area contributed by atoms with Crippen molar-refractivity contribution in [3.05, 3.63) is 0 Å². The Hall–Kier alpha value is -1.79. The highest BCUT2D eigenvalue weighted by Gasteiger charge is 2.51. The summed E-state index contributed by atoms with van der Waals surface area (Å²) in [6, 6.07) is -0.858. The van der Waals surface area contributed by atoms with Crippen LogP contribution in [0, 0.1) is 17.8 Å². The van der Waals surface area contributed by atoms with E-state index in [1.165, 1.54) is 7.11 Å². The van der Waals surface area contributed by atoms with E-state index in [2.05, 4.69) is 15.4 Å². The first-order valence-corrected chi connectivity index (χ1v) is 6.37. The lowest BCUT2D eigenvalue weighted by Crippen LogP contribution is -2.51. The minimum atomic E-state index is -0.856. The van der Waals surface area contributed by atoms with E-state index in [0.717, 1.165) is 19.3 Å². The molecule has 0 spiro atoms. The van der Waals surface area contributed by atoms with Gasteiger partial charge in [-0.25, -0.2) is 4.79 Å². The monoisotopic (exact) mass is 270 g/mol. The zero-order valence-electron chi connectivity index (χ0n) is 10.7. The van der Waals surface area contributed by atoms with Crippen LogP contribution in [0.2, 0.25) is 0 Å². The van der Waals surface area contributed by atoms with Gasteiger partial charge in [-0.1, -0.05) is 0 Å². The third kappa shape index (κ3) is 2.80. The van der Waals surface area contributed by atoms with Crippen LogP contribution in [-0.2, 0) is 14.3 Å². The maximum atomic E-state index is 11.6. The number of urea groups is 1. The number of carbonyl (C=O) groups is 3. The van der Waals surface area contributed by atoms with Crippen molar-refractivity contribution in [1.82, 2.24) is 10.6 Å². The molecule has 4 unspecified atom stereocenters. The number of nitrogens with one attached hydrogen (secondary N) is 2. The number of fused-ring (bicyclic) bond motifs is 2. The van der Waals surface area contributed by atoms with Crippen molar-refractivity contribution in [1.29, 1.82) is 0 Å². The molecule has 7 nitrogen and oxygen atoms in total. The van der Waals surface area contributed by atoms with Crippen molar-refractivity contribution in [2.24, 2.45) is 17.8 Å². The fourth-order valence-corrected chi connectivity index (χ4v) is 3.28. The molecule has 19 heavy (non-hydrogen) atoms. The van der Waals surface area contributed by atoms with Crippen LogP contribution in [-0.4, -0.2) is 42.8 Å². The van der Waals surface area contributed by atoms with E-state index < -0.39 is 23.9 Å². The lowest BCUT2D eigenvalue weighted by Gasteiger charge is -2.28. The summed E-state index contributed by atoms with van der Waals surface area (Å²) in [5, 5.41) is 14.3. The predicted molar refractivity (Wildman–Crippen MR) is 64.3 cm³/mol. The molecule has 2 saturated carbocycles. The van der Waals surface area contributed by atoms with Crippen molar-refractivity contribution < 1.29 is 24.2 Å². The van der Waals surface area contributed by atoms with Gasteiger partial charge in [-0.15, -0.1) is 0 Å². The minimum absolute atomic E-state index is 0.161. The minimum Gasteiger partial charge on any atom is -0.481 e. The Bertz CT molecular complexity index is 398. The first-order chi connectivity index (χ1) is 9.02. The lowest BCUT2D eigenvalue weighted by molar-refractivity contribution is -0.144. The summed E-state index contributed by atoms with van der Waals surface area (Å²) in [6.07, 6.45) is 2.74. The van der Waals surface area contributed by atoms with Gasteiger partial charge in [0.05, 0.1) is 13.0 Å². The molecule has 0 aromatic heterocycles. The smallest absolute Gasteiger partial charge is 0.325 e. The first-order valence-electron chi connectivity index (χ1n) is 6.37. The highest BCUT2D eigenvalue weighted by atomic mass is 16.5. The van der Waals surface area contributed by atoms with E-state index in [0.29, 0.717) is 0 Å². The summed E-state index contributed by atoms with van der Waals surface area (Å²) in [5.41, 5.74) is 0. The molecule has 2 fully saturated rings.